The summed E-state index contributed by atoms with van der Waals surface area (Å²) in [5.41, 5.74) is 0. The summed E-state index contributed by atoms with van der Waals surface area (Å²) in [7, 11) is 0. The number of alkyl halides is 3. The van der Waals surface area contributed by atoms with Crippen molar-refractivity contribution in [2.75, 3.05) is 6.61 Å². The van der Waals surface area contributed by atoms with Gasteiger partial charge in [0.05, 0.1) is 6.10 Å². The molecule has 0 aliphatic carbocycles. The fourth-order valence-electron chi connectivity index (χ4n) is 1.60. The minimum absolute atomic E-state index is 0.233. The van der Waals surface area contributed by atoms with E-state index in [4.69, 9.17) is 4.74 Å². The van der Waals surface area contributed by atoms with Crippen LogP contribution >= 0.6 is 0 Å². The van der Waals surface area contributed by atoms with Gasteiger partial charge < -0.3 is 10.1 Å². The lowest BCUT2D eigenvalue weighted by molar-refractivity contribution is -0.166. The first-order valence-corrected chi connectivity index (χ1v) is 5.04. The normalized spacial score (nSPS) is 22.8. The van der Waals surface area contributed by atoms with Crippen LogP contribution < -0.4 is 5.32 Å². The second-order valence-electron chi connectivity index (χ2n) is 3.68. The number of carbonyl (C=O) groups is 1. The van der Waals surface area contributed by atoms with Gasteiger partial charge >= 0.3 is 6.18 Å². The Morgan fingerprint density at radius 3 is 2.75 bits per heavy atom. The molecule has 1 saturated heterocycles. The molecular formula is C10H14F3NO2. The van der Waals surface area contributed by atoms with Crippen LogP contribution in [0.25, 0.3) is 0 Å². The van der Waals surface area contributed by atoms with Crippen molar-refractivity contribution in [1.82, 2.24) is 5.32 Å². The van der Waals surface area contributed by atoms with Gasteiger partial charge in [-0.25, -0.2) is 0 Å². The molecular weight excluding hydrogens is 223 g/mol. The maximum atomic E-state index is 12.6. The molecule has 0 spiro atoms. The largest absolute Gasteiger partial charge is 0.408 e. The number of rotatable bonds is 4. The van der Waals surface area contributed by atoms with Gasteiger partial charge in [0, 0.05) is 13.0 Å². The molecule has 0 aromatic rings. The van der Waals surface area contributed by atoms with Crippen LogP contribution in [0.1, 0.15) is 19.3 Å². The van der Waals surface area contributed by atoms with Gasteiger partial charge in [-0.15, -0.1) is 0 Å². The van der Waals surface area contributed by atoms with Crippen molar-refractivity contribution < 1.29 is 22.7 Å². The Kier molecular flexibility index (Phi) is 4.35. The topological polar surface area (TPSA) is 38.3 Å². The molecule has 1 rings (SSSR count). The summed E-state index contributed by atoms with van der Waals surface area (Å²) in [4.78, 5) is 10.9. The predicted molar refractivity (Wildman–Crippen MR) is 51.8 cm³/mol. The van der Waals surface area contributed by atoms with E-state index in [1.807, 2.05) is 5.32 Å². The van der Waals surface area contributed by atoms with Gasteiger partial charge in [-0.2, -0.15) is 13.2 Å². The maximum Gasteiger partial charge on any atom is 0.408 e. The quantitative estimate of drug-likeness (QED) is 0.757. The Bertz CT molecular complexity index is 259. The second kappa shape index (κ2) is 5.34. The number of nitrogens with one attached hydrogen (secondary N) is 1. The van der Waals surface area contributed by atoms with Crippen LogP contribution in [0.3, 0.4) is 0 Å². The third kappa shape index (κ3) is 3.84. The Morgan fingerprint density at radius 1 is 1.62 bits per heavy atom. The Hall–Kier alpha value is -1.04. The summed E-state index contributed by atoms with van der Waals surface area (Å²) in [6, 6.07) is -1.86. The van der Waals surface area contributed by atoms with Crippen molar-refractivity contribution in [3.63, 3.8) is 0 Å². The Morgan fingerprint density at radius 2 is 2.31 bits per heavy atom. The Labute approximate surface area is 91.6 Å². The summed E-state index contributed by atoms with van der Waals surface area (Å²) in [5, 5.41) is 1.87. The average molecular weight is 237 g/mol. The van der Waals surface area contributed by atoms with Gasteiger partial charge in [-0.3, -0.25) is 4.79 Å². The third-order valence-corrected chi connectivity index (χ3v) is 2.42. The minimum atomic E-state index is -4.45. The molecule has 1 N–H and O–H groups in total. The van der Waals surface area contributed by atoms with E-state index in [0.717, 1.165) is 12.5 Å². The molecule has 0 radical (unpaired) electrons. The third-order valence-electron chi connectivity index (χ3n) is 2.42. The molecule has 1 aliphatic heterocycles. The van der Waals surface area contributed by atoms with Crippen molar-refractivity contribution in [2.24, 2.45) is 0 Å². The van der Waals surface area contributed by atoms with Crippen molar-refractivity contribution in [2.45, 2.75) is 37.6 Å². The molecule has 2 unspecified atom stereocenters. The molecule has 0 saturated carbocycles. The van der Waals surface area contributed by atoms with E-state index in [-0.39, 0.29) is 6.42 Å². The molecule has 0 bridgehead atoms. The van der Waals surface area contributed by atoms with Crippen LogP contribution in [0.5, 0.6) is 0 Å². The van der Waals surface area contributed by atoms with Crippen molar-refractivity contribution in [3.05, 3.63) is 12.7 Å². The first-order chi connectivity index (χ1) is 7.43. The highest BCUT2D eigenvalue weighted by atomic mass is 19.4. The average Bonchev–Trinajstić information content (AvgIpc) is 2.67. The number of hydrogen-bond donors (Lipinski definition) is 1. The highest BCUT2D eigenvalue weighted by molar-refractivity contribution is 5.87. The maximum absolute atomic E-state index is 12.6. The molecule has 1 amide bonds. The van der Waals surface area contributed by atoms with Gasteiger partial charge in [-0.05, 0) is 18.9 Å². The number of amides is 1. The second-order valence-corrected chi connectivity index (χ2v) is 3.68. The highest BCUT2D eigenvalue weighted by Gasteiger charge is 2.42. The molecule has 2 atom stereocenters. The van der Waals surface area contributed by atoms with E-state index >= 15 is 0 Å². The van der Waals surface area contributed by atoms with E-state index in [2.05, 4.69) is 6.58 Å². The molecule has 0 aromatic carbocycles. The Balaban J connectivity index is 2.56. The first kappa shape index (κ1) is 13.0. The van der Waals surface area contributed by atoms with Crippen molar-refractivity contribution in [1.29, 1.82) is 0 Å². The molecule has 1 fully saturated rings. The summed E-state index contributed by atoms with van der Waals surface area (Å²) in [6.07, 6.45) is -2.90. The smallest absolute Gasteiger partial charge is 0.378 e. The van der Waals surface area contributed by atoms with Crippen LogP contribution in [0.2, 0.25) is 0 Å². The lowest BCUT2D eigenvalue weighted by atomic mass is 10.1. The van der Waals surface area contributed by atoms with E-state index in [9.17, 15) is 18.0 Å². The van der Waals surface area contributed by atoms with Crippen LogP contribution in [-0.4, -0.2) is 30.8 Å². The SMILES string of the molecule is C=CC(=O)NC(CC1CCCO1)C(F)(F)F. The van der Waals surface area contributed by atoms with E-state index in [0.29, 0.717) is 13.0 Å². The van der Waals surface area contributed by atoms with E-state index in [1.54, 1.807) is 0 Å². The van der Waals surface area contributed by atoms with Crippen LogP contribution in [-0.2, 0) is 9.53 Å². The summed E-state index contributed by atoms with van der Waals surface area (Å²) < 4.78 is 42.8. The molecule has 1 heterocycles. The van der Waals surface area contributed by atoms with Gasteiger partial charge in [0.15, 0.2) is 0 Å². The van der Waals surface area contributed by atoms with Gasteiger partial charge in [0.2, 0.25) is 5.91 Å². The molecule has 16 heavy (non-hydrogen) atoms. The van der Waals surface area contributed by atoms with E-state index < -0.39 is 24.2 Å². The monoisotopic (exact) mass is 237 g/mol. The van der Waals surface area contributed by atoms with Crippen LogP contribution in [0.4, 0.5) is 13.2 Å². The lowest BCUT2D eigenvalue weighted by Gasteiger charge is -2.23. The lowest BCUT2D eigenvalue weighted by Crippen LogP contribution is -2.46. The molecule has 92 valence electrons. The number of hydrogen-bond acceptors (Lipinski definition) is 2. The van der Waals surface area contributed by atoms with Gasteiger partial charge in [0.1, 0.15) is 6.04 Å². The fraction of sp³-hybridized carbons (Fsp3) is 0.700. The highest BCUT2D eigenvalue weighted by Crippen LogP contribution is 2.27. The van der Waals surface area contributed by atoms with Crippen molar-refractivity contribution >= 4 is 5.91 Å². The van der Waals surface area contributed by atoms with Gasteiger partial charge in [-0.1, -0.05) is 6.58 Å². The van der Waals surface area contributed by atoms with E-state index in [1.165, 1.54) is 0 Å². The summed E-state index contributed by atoms with van der Waals surface area (Å²) in [6.45, 7) is 3.61. The number of carbonyl (C=O) groups excluding carboxylic acids is 1. The molecule has 6 heteroatoms. The number of halogens is 3. The summed E-state index contributed by atoms with van der Waals surface area (Å²) in [5.74, 6) is -0.819. The van der Waals surface area contributed by atoms with Crippen LogP contribution in [0.15, 0.2) is 12.7 Å². The standard InChI is InChI=1S/C10H14F3NO2/c1-2-9(15)14-8(10(11,12)13)6-7-4-3-5-16-7/h2,7-8H,1,3-6H2,(H,14,15). The minimum Gasteiger partial charge on any atom is -0.378 e. The van der Waals surface area contributed by atoms with Crippen LogP contribution in [0, 0.1) is 0 Å². The van der Waals surface area contributed by atoms with Crippen molar-refractivity contribution in [3.8, 4) is 0 Å². The predicted octanol–water partition coefficient (Wildman–Crippen LogP) is 1.79. The summed E-state index contributed by atoms with van der Waals surface area (Å²) >= 11 is 0. The zero-order chi connectivity index (χ0) is 12.2. The molecule has 1 aliphatic rings. The molecule has 3 nitrogen and oxygen atoms in total. The zero-order valence-corrected chi connectivity index (χ0v) is 8.72. The fourth-order valence-corrected chi connectivity index (χ4v) is 1.60. The molecule has 0 aromatic heterocycles. The number of ether oxygens (including phenoxy) is 1. The van der Waals surface area contributed by atoms with Gasteiger partial charge in [0.25, 0.3) is 0 Å². The first-order valence-electron chi connectivity index (χ1n) is 5.04. The zero-order valence-electron chi connectivity index (χ0n) is 8.72.